The Bertz CT molecular complexity index is 482. The maximum atomic E-state index is 11.5. The van der Waals surface area contributed by atoms with Gasteiger partial charge in [-0.2, -0.15) is 4.98 Å². The lowest BCUT2D eigenvalue weighted by Crippen LogP contribution is -2.43. The molecule has 1 aliphatic heterocycles. The van der Waals surface area contributed by atoms with Crippen molar-refractivity contribution < 1.29 is 4.79 Å². The third-order valence-electron chi connectivity index (χ3n) is 3.24. The molecule has 20 heavy (non-hydrogen) atoms. The Kier molecular flexibility index (Phi) is 5.17. The van der Waals surface area contributed by atoms with Crippen molar-refractivity contribution in [1.29, 1.82) is 0 Å². The van der Waals surface area contributed by atoms with Crippen molar-refractivity contribution in [2.45, 2.75) is 32.2 Å². The maximum absolute atomic E-state index is 11.5. The molecule has 110 valence electrons. The molecule has 2 heterocycles. The van der Waals surface area contributed by atoms with Crippen LogP contribution in [0.4, 0.5) is 11.8 Å². The summed E-state index contributed by atoms with van der Waals surface area (Å²) in [5.74, 6) is 1.60. The van der Waals surface area contributed by atoms with E-state index in [0.717, 1.165) is 29.7 Å². The zero-order valence-corrected chi connectivity index (χ0v) is 13.4. The SMILES string of the molecule is CCCNc1ncc(Br)c(NC2CCC(=O)N(C)C2)n1. The van der Waals surface area contributed by atoms with Gasteiger partial charge in [0.25, 0.3) is 0 Å². The number of likely N-dealkylation sites (tertiary alicyclic amines) is 1. The van der Waals surface area contributed by atoms with Gasteiger partial charge in [0.15, 0.2) is 0 Å². The van der Waals surface area contributed by atoms with Crippen LogP contribution in [0.3, 0.4) is 0 Å². The van der Waals surface area contributed by atoms with Crippen molar-refractivity contribution >= 4 is 33.6 Å². The van der Waals surface area contributed by atoms with Gasteiger partial charge in [-0.25, -0.2) is 4.98 Å². The number of nitrogens with one attached hydrogen (secondary N) is 2. The Morgan fingerprint density at radius 3 is 3.05 bits per heavy atom. The number of anilines is 2. The minimum atomic E-state index is 0.204. The summed E-state index contributed by atoms with van der Waals surface area (Å²) in [5.41, 5.74) is 0. The third kappa shape index (κ3) is 3.82. The van der Waals surface area contributed by atoms with Crippen molar-refractivity contribution in [2.75, 3.05) is 30.8 Å². The molecule has 2 N–H and O–H groups in total. The summed E-state index contributed by atoms with van der Waals surface area (Å²) in [6, 6.07) is 0.225. The van der Waals surface area contributed by atoms with Gasteiger partial charge in [-0.05, 0) is 28.8 Å². The molecule has 1 unspecified atom stereocenters. The van der Waals surface area contributed by atoms with Crippen LogP contribution < -0.4 is 10.6 Å². The Morgan fingerprint density at radius 2 is 2.35 bits per heavy atom. The largest absolute Gasteiger partial charge is 0.364 e. The molecule has 0 aliphatic carbocycles. The van der Waals surface area contributed by atoms with Gasteiger partial charge < -0.3 is 15.5 Å². The van der Waals surface area contributed by atoms with E-state index in [0.29, 0.717) is 18.9 Å². The Morgan fingerprint density at radius 1 is 1.55 bits per heavy atom. The standard InChI is InChI=1S/C13H20BrN5O/c1-3-6-15-13-16-7-10(14)12(18-13)17-9-4-5-11(20)19(2)8-9/h7,9H,3-6,8H2,1-2H3,(H2,15,16,17,18). The first-order chi connectivity index (χ1) is 9.60. The monoisotopic (exact) mass is 341 g/mol. The quantitative estimate of drug-likeness (QED) is 0.858. The number of halogens is 1. The fourth-order valence-electron chi connectivity index (χ4n) is 2.11. The van der Waals surface area contributed by atoms with Gasteiger partial charge in [0.1, 0.15) is 5.82 Å². The molecule has 0 bridgehead atoms. The second kappa shape index (κ2) is 6.88. The highest BCUT2D eigenvalue weighted by Gasteiger charge is 2.23. The average molecular weight is 342 g/mol. The number of likely N-dealkylation sites (N-methyl/N-ethyl adjacent to an activating group) is 1. The molecule has 2 rings (SSSR count). The average Bonchev–Trinajstić information content (AvgIpc) is 2.44. The van der Waals surface area contributed by atoms with E-state index in [-0.39, 0.29) is 11.9 Å². The summed E-state index contributed by atoms with van der Waals surface area (Å²) >= 11 is 3.46. The number of rotatable bonds is 5. The van der Waals surface area contributed by atoms with E-state index in [2.05, 4.69) is 43.5 Å². The fraction of sp³-hybridized carbons (Fsp3) is 0.615. The summed E-state index contributed by atoms with van der Waals surface area (Å²) in [5, 5.41) is 6.55. The number of hydrogen-bond acceptors (Lipinski definition) is 5. The molecule has 0 radical (unpaired) electrons. The van der Waals surface area contributed by atoms with Crippen LogP contribution in [0.5, 0.6) is 0 Å². The molecular weight excluding hydrogens is 322 g/mol. The minimum absolute atomic E-state index is 0.204. The molecule has 0 saturated carbocycles. The third-order valence-corrected chi connectivity index (χ3v) is 3.83. The number of amides is 1. The van der Waals surface area contributed by atoms with Crippen LogP contribution in [0, 0.1) is 0 Å². The smallest absolute Gasteiger partial charge is 0.224 e. The van der Waals surface area contributed by atoms with Crippen molar-refractivity contribution in [3.8, 4) is 0 Å². The summed E-state index contributed by atoms with van der Waals surface area (Å²) in [6.07, 6.45) is 4.18. The first-order valence-electron chi connectivity index (χ1n) is 6.87. The summed E-state index contributed by atoms with van der Waals surface area (Å²) < 4.78 is 0.833. The Balaban J connectivity index is 2.02. The van der Waals surface area contributed by atoms with Gasteiger partial charge in [-0.3, -0.25) is 4.79 Å². The lowest BCUT2D eigenvalue weighted by Gasteiger charge is -2.30. The Hall–Kier alpha value is -1.37. The van der Waals surface area contributed by atoms with E-state index < -0.39 is 0 Å². The molecule has 1 atom stereocenters. The van der Waals surface area contributed by atoms with Crippen LogP contribution in [0.1, 0.15) is 26.2 Å². The van der Waals surface area contributed by atoms with Crippen LogP contribution in [0.15, 0.2) is 10.7 Å². The van der Waals surface area contributed by atoms with Gasteiger partial charge in [0.2, 0.25) is 11.9 Å². The van der Waals surface area contributed by atoms with E-state index in [1.165, 1.54) is 0 Å². The van der Waals surface area contributed by atoms with Crippen molar-refractivity contribution in [3.05, 3.63) is 10.7 Å². The summed E-state index contributed by atoms with van der Waals surface area (Å²) in [4.78, 5) is 21.9. The lowest BCUT2D eigenvalue weighted by molar-refractivity contribution is -0.132. The molecule has 6 nitrogen and oxygen atoms in total. The number of piperidine rings is 1. The second-order valence-corrected chi connectivity index (χ2v) is 5.83. The van der Waals surface area contributed by atoms with Gasteiger partial charge in [0, 0.05) is 38.8 Å². The first kappa shape index (κ1) is 15.0. The summed E-state index contributed by atoms with van der Waals surface area (Å²) in [7, 11) is 1.83. The second-order valence-electron chi connectivity index (χ2n) is 4.97. The summed E-state index contributed by atoms with van der Waals surface area (Å²) in [6.45, 7) is 3.65. The van der Waals surface area contributed by atoms with E-state index in [1.54, 1.807) is 11.1 Å². The number of carbonyl (C=O) groups excluding carboxylic acids is 1. The molecule has 1 aromatic rings. The molecular formula is C13H20BrN5O. The highest BCUT2D eigenvalue weighted by atomic mass is 79.9. The fourth-order valence-corrected chi connectivity index (χ4v) is 2.42. The van der Waals surface area contributed by atoms with E-state index in [4.69, 9.17) is 0 Å². The van der Waals surface area contributed by atoms with Crippen LogP contribution >= 0.6 is 15.9 Å². The molecule has 1 amide bonds. The van der Waals surface area contributed by atoms with E-state index in [9.17, 15) is 4.79 Å². The topological polar surface area (TPSA) is 70.2 Å². The molecule has 1 aromatic heterocycles. The zero-order valence-electron chi connectivity index (χ0n) is 11.8. The predicted octanol–water partition coefficient (Wildman–Crippen LogP) is 2.09. The molecule has 1 saturated heterocycles. The number of hydrogen-bond donors (Lipinski definition) is 2. The van der Waals surface area contributed by atoms with Gasteiger partial charge >= 0.3 is 0 Å². The van der Waals surface area contributed by atoms with Crippen LogP contribution in [-0.2, 0) is 4.79 Å². The van der Waals surface area contributed by atoms with Gasteiger partial charge in [-0.1, -0.05) is 6.92 Å². The van der Waals surface area contributed by atoms with Gasteiger partial charge in [-0.15, -0.1) is 0 Å². The predicted molar refractivity (Wildman–Crippen MR) is 82.8 cm³/mol. The van der Waals surface area contributed by atoms with Crippen LogP contribution in [-0.4, -0.2) is 47.0 Å². The maximum Gasteiger partial charge on any atom is 0.224 e. The first-order valence-corrected chi connectivity index (χ1v) is 7.66. The highest BCUT2D eigenvalue weighted by molar-refractivity contribution is 9.10. The van der Waals surface area contributed by atoms with Gasteiger partial charge in [0.05, 0.1) is 4.47 Å². The Labute approximate surface area is 127 Å². The number of nitrogens with zero attached hydrogens (tertiary/aromatic N) is 3. The molecule has 0 spiro atoms. The zero-order chi connectivity index (χ0) is 14.5. The lowest BCUT2D eigenvalue weighted by atomic mass is 10.1. The van der Waals surface area contributed by atoms with E-state index >= 15 is 0 Å². The molecule has 1 fully saturated rings. The van der Waals surface area contributed by atoms with Crippen molar-refractivity contribution in [2.24, 2.45) is 0 Å². The molecule has 1 aliphatic rings. The minimum Gasteiger partial charge on any atom is -0.364 e. The highest BCUT2D eigenvalue weighted by Crippen LogP contribution is 2.23. The normalized spacial score (nSPS) is 19.1. The van der Waals surface area contributed by atoms with Crippen molar-refractivity contribution in [3.63, 3.8) is 0 Å². The van der Waals surface area contributed by atoms with E-state index in [1.807, 2.05) is 7.05 Å². The number of carbonyl (C=O) groups is 1. The van der Waals surface area contributed by atoms with Crippen LogP contribution in [0.2, 0.25) is 0 Å². The van der Waals surface area contributed by atoms with Crippen molar-refractivity contribution in [1.82, 2.24) is 14.9 Å². The number of aromatic nitrogens is 2. The van der Waals surface area contributed by atoms with Crippen LogP contribution in [0.25, 0.3) is 0 Å². The molecule has 0 aromatic carbocycles. The molecule has 7 heteroatoms.